The minimum Gasteiger partial charge on any atom is -0.480 e. The number of aromatic nitrogens is 1. The summed E-state index contributed by atoms with van der Waals surface area (Å²) in [6.45, 7) is 0.123. The van der Waals surface area contributed by atoms with E-state index in [4.69, 9.17) is 10.2 Å². The lowest BCUT2D eigenvalue weighted by Crippen LogP contribution is -2.97. The third-order valence-corrected chi connectivity index (χ3v) is 7.10. The smallest absolute Gasteiger partial charge is 0.414 e. The molecule has 0 saturated carbocycles. The molecule has 46 heavy (non-hydrogen) atoms. The molecule has 0 fully saturated rings. The maximum atomic E-state index is 13.2. The van der Waals surface area contributed by atoms with Crippen LogP contribution in [0, 0.1) is 5.95 Å². The van der Waals surface area contributed by atoms with Crippen LogP contribution in [0.2, 0.25) is 0 Å². The van der Waals surface area contributed by atoms with Crippen LogP contribution in [0.15, 0.2) is 60.8 Å². The second kappa shape index (κ2) is 17.5. The van der Waals surface area contributed by atoms with E-state index in [-0.39, 0.29) is 44.2 Å². The second-order valence-corrected chi connectivity index (χ2v) is 10.6. The van der Waals surface area contributed by atoms with Gasteiger partial charge in [-0.2, -0.15) is 4.39 Å². The second-order valence-electron chi connectivity index (χ2n) is 10.6. The Morgan fingerprint density at radius 1 is 0.826 bits per heavy atom. The Balaban J connectivity index is 1.56. The van der Waals surface area contributed by atoms with Crippen molar-refractivity contribution >= 4 is 40.6 Å². The quantitative estimate of drug-likeness (QED) is 0.0569. The van der Waals surface area contributed by atoms with Gasteiger partial charge in [0.25, 0.3) is 5.91 Å². The van der Waals surface area contributed by atoms with E-state index in [0.29, 0.717) is 6.42 Å². The molecule has 9 N–H and O–H groups in total. The maximum Gasteiger partial charge on any atom is 0.414 e. The summed E-state index contributed by atoms with van der Waals surface area (Å²) in [7, 11) is 0. The number of primary amides is 1. The molecule has 246 valence electrons. The van der Waals surface area contributed by atoms with Gasteiger partial charge in [0.2, 0.25) is 11.9 Å². The average molecular weight is 643 g/mol. The number of carboxylic acids is 2. The van der Waals surface area contributed by atoms with Crippen LogP contribution >= 0.6 is 0 Å². The molecule has 1 heterocycles. The third kappa shape index (κ3) is 11.5. The molecule has 15 heteroatoms. The van der Waals surface area contributed by atoms with Gasteiger partial charge in [-0.1, -0.05) is 42.5 Å². The zero-order valence-electron chi connectivity index (χ0n) is 24.8. The first-order valence-electron chi connectivity index (χ1n) is 14.6. The van der Waals surface area contributed by atoms with Crippen molar-refractivity contribution in [2.45, 2.75) is 62.9 Å². The highest BCUT2D eigenvalue weighted by molar-refractivity contribution is 5.97. The Bertz CT molecular complexity index is 1520. The molecule has 0 aliphatic carbocycles. The van der Waals surface area contributed by atoms with Crippen LogP contribution in [0.1, 0.15) is 48.0 Å². The van der Waals surface area contributed by atoms with Gasteiger partial charge in [-0.25, -0.2) is 19.4 Å². The molecule has 14 nitrogen and oxygen atoms in total. The highest BCUT2D eigenvalue weighted by Crippen LogP contribution is 2.17. The standard InChI is InChI=1S/C31H36FN5O9/c32-25-12-10-21(17-34-25)27(40)35-24(16-18-8-9-19-5-1-2-6-20(19)15-18)28(41)33-14-4-3-7-22(29(42)43)36-31(46)37-23(30(44)45)11-13-26(38)39/h1-2,5-6,8-10,12,15,17,22-24,26,38-39H,3-4,7,11,13-14,16H2,(H,33,41)(H,35,40)(H,42,43)(H,44,45)(H2,36,37,46)/p+1. The molecule has 1 aromatic heterocycles. The molecule has 0 spiro atoms. The Morgan fingerprint density at radius 2 is 1.57 bits per heavy atom. The number of rotatable bonds is 17. The minimum atomic E-state index is -1.75. The maximum absolute atomic E-state index is 13.2. The summed E-state index contributed by atoms with van der Waals surface area (Å²) in [5.41, 5.74) is 0.850. The summed E-state index contributed by atoms with van der Waals surface area (Å²) >= 11 is 0. The van der Waals surface area contributed by atoms with Gasteiger partial charge in [0.15, 0.2) is 12.3 Å². The zero-order chi connectivity index (χ0) is 33.6. The van der Waals surface area contributed by atoms with Crippen LogP contribution in [-0.4, -0.2) is 86.2 Å². The Hall–Kier alpha value is -4.99. The van der Waals surface area contributed by atoms with E-state index in [1.165, 1.54) is 6.07 Å². The van der Waals surface area contributed by atoms with Crippen LogP contribution in [0.4, 0.5) is 9.18 Å². The van der Waals surface area contributed by atoms with Crippen molar-refractivity contribution in [3.05, 3.63) is 77.9 Å². The molecule has 3 atom stereocenters. The Kier molecular flexibility index (Phi) is 13.5. The number of nitrogens with two attached hydrogens (primary N) is 1. The van der Waals surface area contributed by atoms with E-state index in [1.807, 2.05) is 42.5 Å². The minimum absolute atomic E-state index is 0.0211. The normalized spacial score (nSPS) is 13.0. The number of carbonyl (C=O) groups is 5. The Morgan fingerprint density at radius 3 is 2.22 bits per heavy atom. The lowest BCUT2D eigenvalue weighted by molar-refractivity contribution is -0.585. The van der Waals surface area contributed by atoms with Gasteiger partial charge in [-0.15, -0.1) is 0 Å². The molecule has 0 saturated heterocycles. The van der Waals surface area contributed by atoms with Crippen LogP contribution in [0.3, 0.4) is 0 Å². The number of fused-ring (bicyclic) bond motifs is 1. The molecule has 3 aromatic rings. The van der Waals surface area contributed by atoms with E-state index in [1.54, 1.807) is 0 Å². The molecule has 0 radical (unpaired) electrons. The van der Waals surface area contributed by atoms with Gasteiger partial charge in [0, 0.05) is 32.0 Å². The first-order chi connectivity index (χ1) is 21.9. The van der Waals surface area contributed by atoms with E-state index in [2.05, 4.69) is 20.9 Å². The van der Waals surface area contributed by atoms with Gasteiger partial charge in [0.1, 0.15) is 12.1 Å². The highest BCUT2D eigenvalue weighted by atomic mass is 19.1. The van der Waals surface area contributed by atoms with Crippen molar-refractivity contribution in [2.75, 3.05) is 6.54 Å². The number of quaternary nitrogens is 1. The number of nitrogens with one attached hydrogen (secondary N) is 3. The van der Waals surface area contributed by atoms with Gasteiger partial charge in [-0.3, -0.25) is 20.2 Å². The van der Waals surface area contributed by atoms with Gasteiger partial charge >= 0.3 is 18.0 Å². The molecule has 3 rings (SSSR count). The summed E-state index contributed by atoms with van der Waals surface area (Å²) in [6, 6.07) is 11.0. The largest absolute Gasteiger partial charge is 0.480 e. The molecule has 3 unspecified atom stereocenters. The zero-order valence-corrected chi connectivity index (χ0v) is 24.8. The number of nitrogens with zero attached hydrogens (tertiary/aromatic N) is 1. The number of hydrogen-bond donors (Lipinski definition) is 8. The lowest BCUT2D eigenvalue weighted by Gasteiger charge is -2.19. The van der Waals surface area contributed by atoms with Gasteiger partial charge in [-0.05, 0) is 47.7 Å². The topological polar surface area (TPSA) is 232 Å². The number of pyridine rings is 1. The van der Waals surface area contributed by atoms with E-state index in [0.717, 1.165) is 33.9 Å². The first kappa shape index (κ1) is 35.5. The predicted molar refractivity (Wildman–Crippen MR) is 161 cm³/mol. The Labute approximate surface area is 263 Å². The number of aliphatic carboxylic acids is 2. The fraction of sp³-hybridized carbons (Fsp3) is 0.355. The van der Waals surface area contributed by atoms with Crippen LogP contribution in [0.5, 0.6) is 0 Å². The van der Waals surface area contributed by atoms with Crippen LogP contribution in [0.25, 0.3) is 10.8 Å². The number of aliphatic hydroxyl groups excluding tert-OH is 1. The van der Waals surface area contributed by atoms with Crippen LogP contribution < -0.4 is 21.3 Å². The van der Waals surface area contributed by atoms with Gasteiger partial charge < -0.3 is 31.1 Å². The summed E-state index contributed by atoms with van der Waals surface area (Å²) in [4.78, 5) is 64.8. The molecule has 4 amide bonds. The van der Waals surface area contributed by atoms with Crippen molar-refractivity contribution < 1.29 is 54.1 Å². The molecule has 0 bridgehead atoms. The number of unbranched alkanes of at least 4 members (excludes halogenated alkanes) is 1. The summed E-state index contributed by atoms with van der Waals surface area (Å²) in [6.07, 6.45) is -0.498. The molecular formula is C31H37FN5O9+. The molecule has 2 aromatic carbocycles. The molecular weight excluding hydrogens is 605 g/mol. The summed E-state index contributed by atoms with van der Waals surface area (Å²) in [5, 5.41) is 47.0. The molecule has 0 aliphatic heterocycles. The van der Waals surface area contributed by atoms with E-state index in [9.17, 15) is 38.6 Å². The van der Waals surface area contributed by atoms with Crippen molar-refractivity contribution in [1.82, 2.24) is 20.9 Å². The third-order valence-electron chi connectivity index (χ3n) is 7.10. The monoisotopic (exact) mass is 642 g/mol. The fourth-order valence-electron chi connectivity index (χ4n) is 4.64. The first-order valence-corrected chi connectivity index (χ1v) is 14.6. The SMILES string of the molecule is O=C(NC(CCCCNC(=O)C(Cc1ccc2ccccc2c1)NC(=O)c1ccc(F)nc1)C(=O)O)[NH2+]C(CCC(O)O)C(=O)O. The number of amides is 4. The van der Waals surface area contributed by atoms with E-state index >= 15 is 0 Å². The number of carboxylic acid groups (broad SMARTS) is 2. The number of halogens is 1. The number of benzene rings is 2. The number of carbonyl (C=O) groups excluding carboxylic acids is 3. The fourth-order valence-corrected chi connectivity index (χ4v) is 4.64. The average Bonchev–Trinajstić information content (AvgIpc) is 3.01. The van der Waals surface area contributed by atoms with Crippen molar-refractivity contribution in [2.24, 2.45) is 0 Å². The molecule has 0 aliphatic rings. The van der Waals surface area contributed by atoms with Crippen molar-refractivity contribution in [3.63, 3.8) is 0 Å². The lowest BCUT2D eigenvalue weighted by atomic mass is 10.0. The van der Waals surface area contributed by atoms with Crippen molar-refractivity contribution in [3.8, 4) is 0 Å². The van der Waals surface area contributed by atoms with Crippen LogP contribution in [-0.2, 0) is 20.8 Å². The van der Waals surface area contributed by atoms with Crippen molar-refractivity contribution in [1.29, 1.82) is 0 Å². The number of urea groups is 1. The predicted octanol–water partition coefficient (Wildman–Crippen LogP) is 0.272. The number of hydrogen-bond acceptors (Lipinski definition) is 8. The highest BCUT2D eigenvalue weighted by Gasteiger charge is 2.29. The van der Waals surface area contributed by atoms with E-state index < -0.39 is 60.1 Å². The summed E-state index contributed by atoms with van der Waals surface area (Å²) < 4.78 is 13.2. The van der Waals surface area contributed by atoms with Gasteiger partial charge in [0.05, 0.1) is 5.56 Å². The number of aliphatic hydroxyl groups is 2. The summed E-state index contributed by atoms with van der Waals surface area (Å²) in [5.74, 6) is -4.59.